The van der Waals surface area contributed by atoms with Crippen LogP contribution in [0.15, 0.2) is 36.4 Å². The Bertz CT molecular complexity index is 918. The van der Waals surface area contributed by atoms with Gasteiger partial charge in [0.1, 0.15) is 0 Å². The molecule has 1 aliphatic heterocycles. The summed E-state index contributed by atoms with van der Waals surface area (Å²) < 4.78 is 15.1. The van der Waals surface area contributed by atoms with Crippen LogP contribution in [0, 0.1) is 11.7 Å². The quantitative estimate of drug-likeness (QED) is 0.764. The van der Waals surface area contributed by atoms with Crippen molar-refractivity contribution >= 4 is 29.0 Å². The van der Waals surface area contributed by atoms with Gasteiger partial charge >= 0.3 is 0 Å². The number of hydrogen-bond donors (Lipinski definition) is 2. The van der Waals surface area contributed by atoms with E-state index >= 15 is 4.39 Å². The Labute approximate surface area is 162 Å². The summed E-state index contributed by atoms with van der Waals surface area (Å²) in [4.78, 5) is 24.2. The van der Waals surface area contributed by atoms with Crippen LogP contribution in [0.5, 0.6) is 0 Å². The number of halogens is 2. The number of carbonyl (C=O) groups excluding carboxylic acids is 2. The third-order valence-electron chi connectivity index (χ3n) is 5.61. The van der Waals surface area contributed by atoms with Crippen LogP contribution in [0.1, 0.15) is 36.5 Å². The number of ketones is 1. The summed E-state index contributed by atoms with van der Waals surface area (Å²) >= 11 is 6.23. The molecule has 27 heavy (non-hydrogen) atoms. The lowest BCUT2D eigenvalue weighted by Crippen LogP contribution is -2.41. The van der Waals surface area contributed by atoms with Crippen molar-refractivity contribution in [3.8, 4) is 11.1 Å². The van der Waals surface area contributed by atoms with E-state index in [0.29, 0.717) is 28.1 Å². The minimum absolute atomic E-state index is 0.114. The van der Waals surface area contributed by atoms with Crippen LogP contribution in [-0.4, -0.2) is 23.8 Å². The predicted molar refractivity (Wildman–Crippen MR) is 104 cm³/mol. The zero-order valence-corrected chi connectivity index (χ0v) is 15.6. The van der Waals surface area contributed by atoms with Crippen molar-refractivity contribution in [2.75, 3.05) is 5.32 Å². The number of rotatable bonds is 4. The van der Waals surface area contributed by atoms with Crippen LogP contribution in [0.2, 0.25) is 5.02 Å². The third kappa shape index (κ3) is 3.37. The maximum atomic E-state index is 15.1. The number of nitrogens with one attached hydrogen (secondary N) is 2. The average Bonchev–Trinajstić information content (AvgIpc) is 2.92. The van der Waals surface area contributed by atoms with Gasteiger partial charge < -0.3 is 10.6 Å². The molecule has 1 amide bonds. The molecule has 0 unspecified atom stereocenters. The summed E-state index contributed by atoms with van der Waals surface area (Å²) in [5, 5.41) is 6.36. The van der Waals surface area contributed by atoms with E-state index in [4.69, 9.17) is 11.6 Å². The summed E-state index contributed by atoms with van der Waals surface area (Å²) in [6, 6.07) is 9.68. The Hall–Kier alpha value is -2.24. The van der Waals surface area contributed by atoms with Crippen LogP contribution >= 0.6 is 11.6 Å². The van der Waals surface area contributed by atoms with E-state index in [2.05, 4.69) is 10.6 Å². The fourth-order valence-corrected chi connectivity index (χ4v) is 4.11. The monoisotopic (exact) mass is 386 g/mol. The Morgan fingerprint density at radius 3 is 2.63 bits per heavy atom. The second-order valence-electron chi connectivity index (χ2n) is 7.31. The van der Waals surface area contributed by atoms with Gasteiger partial charge in [-0.2, -0.15) is 0 Å². The lowest BCUT2D eigenvalue weighted by molar-refractivity contribution is -0.117. The maximum absolute atomic E-state index is 15.1. The molecule has 1 saturated heterocycles. The van der Waals surface area contributed by atoms with Gasteiger partial charge in [0.15, 0.2) is 11.6 Å². The normalized spacial score (nSPS) is 23.4. The lowest BCUT2D eigenvalue weighted by Gasteiger charge is -2.29. The van der Waals surface area contributed by atoms with Crippen LogP contribution in [0.4, 0.5) is 10.1 Å². The van der Waals surface area contributed by atoms with Gasteiger partial charge in [0.25, 0.3) is 0 Å². The number of fused-ring (bicyclic) bond motifs is 1. The highest BCUT2D eigenvalue weighted by molar-refractivity contribution is 6.33. The highest BCUT2D eigenvalue weighted by atomic mass is 35.5. The van der Waals surface area contributed by atoms with E-state index in [9.17, 15) is 9.59 Å². The minimum Gasteiger partial charge on any atom is -0.322 e. The Balaban J connectivity index is 1.61. The summed E-state index contributed by atoms with van der Waals surface area (Å²) in [6.45, 7) is 1.45. The number of benzene rings is 2. The molecule has 2 fully saturated rings. The molecule has 0 radical (unpaired) electrons. The van der Waals surface area contributed by atoms with Crippen molar-refractivity contribution in [3.05, 3.63) is 52.8 Å². The number of Topliss-reactive ketones (excluding diaryl/α,β-unsaturated/α-hetero) is 1. The molecule has 1 aliphatic carbocycles. The smallest absolute Gasteiger partial charge is 0.241 e. The standard InChI is InChI=1S/C21H20ClFN2O2/c1-11(26)12-5-7-16(22)15(9-12)14-3-2-4-18(20(14)23)25-21(27)19-10-13-6-8-17(13)24-19/h2-5,7,9,13,17,19,24H,6,8,10H2,1H3,(H,25,27)/t13-,17-,19+/m1/s1. The molecule has 2 aromatic carbocycles. The van der Waals surface area contributed by atoms with Gasteiger partial charge in [0.05, 0.1) is 11.7 Å². The van der Waals surface area contributed by atoms with E-state index in [0.717, 1.165) is 19.3 Å². The summed E-state index contributed by atoms with van der Waals surface area (Å²) in [7, 11) is 0. The molecule has 140 valence electrons. The molecule has 6 heteroatoms. The largest absolute Gasteiger partial charge is 0.322 e. The van der Waals surface area contributed by atoms with Crippen molar-refractivity contribution in [1.29, 1.82) is 0 Å². The molecule has 2 N–H and O–H groups in total. The lowest BCUT2D eigenvalue weighted by atomic mass is 9.80. The highest BCUT2D eigenvalue weighted by Crippen LogP contribution is 2.38. The van der Waals surface area contributed by atoms with Crippen LogP contribution in [0.25, 0.3) is 11.1 Å². The van der Waals surface area contributed by atoms with E-state index < -0.39 is 5.82 Å². The fraction of sp³-hybridized carbons (Fsp3) is 0.333. The molecule has 0 spiro atoms. The number of amides is 1. The second-order valence-corrected chi connectivity index (χ2v) is 7.71. The maximum Gasteiger partial charge on any atom is 0.241 e. The number of hydrogen-bond acceptors (Lipinski definition) is 3. The first-order chi connectivity index (χ1) is 12.9. The first-order valence-corrected chi connectivity index (χ1v) is 9.48. The molecular formula is C21H20ClFN2O2. The minimum atomic E-state index is -0.561. The Morgan fingerprint density at radius 2 is 2.00 bits per heavy atom. The SMILES string of the molecule is CC(=O)c1ccc(Cl)c(-c2cccc(NC(=O)[C@@H]3C[C@H]4CC[C@H]4N3)c2F)c1. The molecule has 0 bridgehead atoms. The molecule has 4 nitrogen and oxygen atoms in total. The van der Waals surface area contributed by atoms with Crippen molar-refractivity contribution in [3.63, 3.8) is 0 Å². The zero-order valence-electron chi connectivity index (χ0n) is 14.9. The van der Waals surface area contributed by atoms with E-state index in [-0.39, 0.29) is 29.0 Å². The molecule has 4 rings (SSSR count). The zero-order chi connectivity index (χ0) is 19.1. The van der Waals surface area contributed by atoms with Crippen molar-refractivity contribution < 1.29 is 14.0 Å². The molecule has 0 aromatic heterocycles. The van der Waals surface area contributed by atoms with Gasteiger partial charge in [0, 0.05) is 27.8 Å². The predicted octanol–water partition coefficient (Wildman–Crippen LogP) is 4.43. The van der Waals surface area contributed by atoms with Crippen molar-refractivity contribution in [1.82, 2.24) is 5.32 Å². The molecule has 3 atom stereocenters. The van der Waals surface area contributed by atoms with Crippen molar-refractivity contribution in [2.45, 2.75) is 38.3 Å². The first-order valence-electron chi connectivity index (χ1n) is 9.10. The Morgan fingerprint density at radius 1 is 1.19 bits per heavy atom. The van der Waals surface area contributed by atoms with E-state index in [1.54, 1.807) is 30.3 Å². The summed E-state index contributed by atoms with van der Waals surface area (Å²) in [6.07, 6.45) is 3.05. The summed E-state index contributed by atoms with van der Waals surface area (Å²) in [5.41, 5.74) is 1.24. The highest BCUT2D eigenvalue weighted by Gasteiger charge is 2.42. The molecule has 2 aromatic rings. The Kier molecular flexibility index (Phi) is 4.74. The van der Waals surface area contributed by atoms with Crippen molar-refractivity contribution in [2.24, 2.45) is 5.92 Å². The molecule has 1 heterocycles. The molecular weight excluding hydrogens is 367 g/mol. The van der Waals surface area contributed by atoms with Gasteiger partial charge in [-0.05, 0) is 56.4 Å². The van der Waals surface area contributed by atoms with E-state index in [1.165, 1.54) is 13.0 Å². The number of anilines is 1. The topological polar surface area (TPSA) is 58.2 Å². The van der Waals surface area contributed by atoms with Gasteiger partial charge in [-0.15, -0.1) is 0 Å². The third-order valence-corrected chi connectivity index (χ3v) is 5.94. The van der Waals surface area contributed by atoms with Crippen LogP contribution < -0.4 is 10.6 Å². The second kappa shape index (κ2) is 7.06. The van der Waals surface area contributed by atoms with Gasteiger partial charge in [-0.1, -0.05) is 23.7 Å². The molecule has 2 aliphatic rings. The van der Waals surface area contributed by atoms with E-state index in [1.807, 2.05) is 0 Å². The van der Waals surface area contributed by atoms with Gasteiger partial charge in [-0.3, -0.25) is 9.59 Å². The average molecular weight is 387 g/mol. The van der Waals surface area contributed by atoms with Gasteiger partial charge in [0.2, 0.25) is 5.91 Å². The van der Waals surface area contributed by atoms with Crippen LogP contribution in [0.3, 0.4) is 0 Å². The summed E-state index contributed by atoms with van der Waals surface area (Å²) in [5.74, 6) is -0.344. The molecule has 1 saturated carbocycles. The van der Waals surface area contributed by atoms with Crippen LogP contribution in [-0.2, 0) is 4.79 Å². The first kappa shape index (κ1) is 18.1. The van der Waals surface area contributed by atoms with Gasteiger partial charge in [-0.25, -0.2) is 4.39 Å². The fourth-order valence-electron chi connectivity index (χ4n) is 3.89. The number of carbonyl (C=O) groups is 2.